The van der Waals surface area contributed by atoms with Gasteiger partial charge >= 0.3 is 6.18 Å². The first-order valence-electron chi connectivity index (χ1n) is 4.84. The smallest absolute Gasteiger partial charge is 0.366 e. The first-order valence-corrected chi connectivity index (χ1v) is 5.21. The Morgan fingerprint density at radius 2 is 2.12 bits per heavy atom. The minimum absolute atomic E-state index is 0.0184. The lowest BCUT2D eigenvalue weighted by Crippen LogP contribution is -2.15. The van der Waals surface area contributed by atoms with E-state index in [0.29, 0.717) is 0 Å². The minimum atomic E-state index is -4.41. The maximum atomic E-state index is 12.3. The van der Waals surface area contributed by atoms with Gasteiger partial charge in [-0.05, 0) is 19.4 Å². The number of alkyl halides is 3. The zero-order chi connectivity index (χ0) is 12.3. The van der Waals surface area contributed by atoms with E-state index in [2.05, 4.69) is 10.3 Å². The Kier molecular flexibility index (Phi) is 4.02. The number of anilines is 1. The third-order valence-electron chi connectivity index (χ3n) is 2.16. The molecule has 0 saturated heterocycles. The summed E-state index contributed by atoms with van der Waals surface area (Å²) in [5, 5.41) is 2.91. The third-order valence-corrected chi connectivity index (χ3v) is 2.45. The zero-order valence-corrected chi connectivity index (χ0v) is 9.65. The Morgan fingerprint density at radius 3 is 2.56 bits per heavy atom. The van der Waals surface area contributed by atoms with E-state index in [0.717, 1.165) is 18.7 Å². The number of nitrogens with zero attached hydrogens (tertiary/aromatic N) is 1. The molecular formula is C10H12ClF3N2. The molecule has 6 heteroatoms. The zero-order valence-electron chi connectivity index (χ0n) is 8.90. The van der Waals surface area contributed by atoms with Gasteiger partial charge in [-0.3, -0.25) is 0 Å². The van der Waals surface area contributed by atoms with Gasteiger partial charge in [0.05, 0.1) is 10.6 Å². The fourth-order valence-corrected chi connectivity index (χ4v) is 1.26. The Bertz CT molecular complexity index is 366. The summed E-state index contributed by atoms with van der Waals surface area (Å²) in [5.41, 5.74) is -0.841. The summed E-state index contributed by atoms with van der Waals surface area (Å²) >= 11 is 5.71. The van der Waals surface area contributed by atoms with Gasteiger partial charge in [-0.25, -0.2) is 4.98 Å². The summed E-state index contributed by atoms with van der Waals surface area (Å²) in [6, 6.07) is 0.987. The van der Waals surface area contributed by atoms with Crippen molar-refractivity contribution in [3.8, 4) is 0 Å². The van der Waals surface area contributed by atoms with Gasteiger partial charge in [-0.2, -0.15) is 13.2 Å². The molecule has 2 nitrogen and oxygen atoms in total. The second kappa shape index (κ2) is 4.91. The van der Waals surface area contributed by atoms with Crippen LogP contribution in [0.25, 0.3) is 0 Å². The summed E-state index contributed by atoms with van der Waals surface area (Å²) < 4.78 is 36.9. The third kappa shape index (κ3) is 3.27. The molecule has 90 valence electrons. The highest BCUT2D eigenvalue weighted by molar-refractivity contribution is 6.32. The average molecular weight is 253 g/mol. The lowest BCUT2D eigenvalue weighted by atomic mass is 10.2. The molecule has 1 atom stereocenters. The van der Waals surface area contributed by atoms with Crippen LogP contribution >= 0.6 is 11.6 Å². The van der Waals surface area contributed by atoms with Crippen molar-refractivity contribution in [3.63, 3.8) is 0 Å². The van der Waals surface area contributed by atoms with Crippen LogP contribution in [0.2, 0.25) is 5.02 Å². The number of rotatable bonds is 3. The van der Waals surface area contributed by atoms with Gasteiger partial charge < -0.3 is 5.32 Å². The largest absolute Gasteiger partial charge is 0.417 e. The molecule has 16 heavy (non-hydrogen) atoms. The maximum Gasteiger partial charge on any atom is 0.417 e. The summed E-state index contributed by atoms with van der Waals surface area (Å²) in [4.78, 5) is 3.67. The molecule has 1 heterocycles. The molecule has 0 radical (unpaired) electrons. The van der Waals surface area contributed by atoms with Gasteiger partial charge in [-0.15, -0.1) is 0 Å². The Balaban J connectivity index is 2.92. The molecule has 0 aliphatic rings. The van der Waals surface area contributed by atoms with Gasteiger partial charge in [0.1, 0.15) is 5.82 Å². The molecule has 1 aromatic rings. The first-order chi connectivity index (χ1) is 7.34. The van der Waals surface area contributed by atoms with Gasteiger partial charge in [-0.1, -0.05) is 18.5 Å². The van der Waals surface area contributed by atoms with Crippen molar-refractivity contribution in [2.24, 2.45) is 0 Å². The van der Waals surface area contributed by atoms with E-state index < -0.39 is 11.7 Å². The van der Waals surface area contributed by atoms with Crippen molar-refractivity contribution in [1.82, 2.24) is 4.98 Å². The van der Waals surface area contributed by atoms with Crippen LogP contribution in [-0.2, 0) is 6.18 Å². The molecule has 1 N–H and O–H groups in total. The highest BCUT2D eigenvalue weighted by atomic mass is 35.5. The van der Waals surface area contributed by atoms with Crippen molar-refractivity contribution in [2.45, 2.75) is 32.5 Å². The molecule has 0 bridgehead atoms. The fraction of sp³-hybridized carbons (Fsp3) is 0.500. The van der Waals surface area contributed by atoms with Crippen LogP contribution in [0, 0.1) is 0 Å². The summed E-state index contributed by atoms with van der Waals surface area (Å²) in [6.45, 7) is 3.85. The van der Waals surface area contributed by atoms with Crippen molar-refractivity contribution < 1.29 is 13.2 Å². The second-order valence-corrected chi connectivity index (χ2v) is 3.91. The van der Waals surface area contributed by atoms with Crippen molar-refractivity contribution >= 4 is 17.4 Å². The molecule has 1 aromatic heterocycles. The topological polar surface area (TPSA) is 24.9 Å². The molecule has 0 aliphatic heterocycles. The first kappa shape index (κ1) is 13.1. The predicted octanol–water partition coefficient (Wildman–Crippen LogP) is 3.96. The molecular weight excluding hydrogens is 241 g/mol. The lowest BCUT2D eigenvalue weighted by molar-refractivity contribution is -0.137. The van der Waals surface area contributed by atoms with Gasteiger partial charge in [0.15, 0.2) is 0 Å². The molecule has 0 amide bonds. The summed E-state index contributed by atoms with van der Waals surface area (Å²) in [5.74, 6) is 0.281. The van der Waals surface area contributed by atoms with E-state index in [4.69, 9.17) is 11.6 Å². The van der Waals surface area contributed by atoms with Crippen LogP contribution in [0.3, 0.4) is 0 Å². The molecule has 0 spiro atoms. The normalized spacial score (nSPS) is 13.6. The maximum absolute atomic E-state index is 12.3. The molecule has 1 unspecified atom stereocenters. The van der Waals surface area contributed by atoms with Crippen LogP contribution in [0.5, 0.6) is 0 Å². The van der Waals surface area contributed by atoms with Crippen LogP contribution in [0.1, 0.15) is 25.8 Å². The van der Waals surface area contributed by atoms with Crippen LogP contribution in [-0.4, -0.2) is 11.0 Å². The van der Waals surface area contributed by atoms with E-state index in [1.807, 2.05) is 13.8 Å². The fourth-order valence-electron chi connectivity index (χ4n) is 1.03. The van der Waals surface area contributed by atoms with E-state index in [1.54, 1.807) is 0 Å². The summed E-state index contributed by atoms with van der Waals surface area (Å²) in [6.07, 6.45) is -2.80. The predicted molar refractivity (Wildman–Crippen MR) is 57.6 cm³/mol. The SMILES string of the molecule is CCC(C)Nc1ncc(C(F)(F)F)cc1Cl. The molecule has 0 saturated carbocycles. The van der Waals surface area contributed by atoms with E-state index >= 15 is 0 Å². The Morgan fingerprint density at radius 1 is 1.50 bits per heavy atom. The van der Waals surface area contributed by atoms with Gasteiger partial charge in [0.25, 0.3) is 0 Å². The number of nitrogens with one attached hydrogen (secondary N) is 1. The van der Waals surface area contributed by atoms with Crippen LogP contribution in [0.4, 0.5) is 19.0 Å². The van der Waals surface area contributed by atoms with Crippen LogP contribution < -0.4 is 5.32 Å². The minimum Gasteiger partial charge on any atom is -0.366 e. The monoisotopic (exact) mass is 252 g/mol. The van der Waals surface area contributed by atoms with Crippen molar-refractivity contribution in [3.05, 3.63) is 22.8 Å². The van der Waals surface area contributed by atoms with Gasteiger partial charge in [0, 0.05) is 12.2 Å². The number of hydrogen-bond acceptors (Lipinski definition) is 2. The van der Waals surface area contributed by atoms with Crippen molar-refractivity contribution in [1.29, 1.82) is 0 Å². The number of halogens is 4. The molecule has 0 aromatic carbocycles. The van der Waals surface area contributed by atoms with Crippen LogP contribution in [0.15, 0.2) is 12.3 Å². The molecule has 1 rings (SSSR count). The molecule has 0 aliphatic carbocycles. The number of pyridine rings is 1. The Hall–Kier alpha value is -0.970. The highest BCUT2D eigenvalue weighted by Crippen LogP contribution is 2.32. The van der Waals surface area contributed by atoms with E-state index in [9.17, 15) is 13.2 Å². The Labute approximate surface area is 96.8 Å². The molecule has 0 fully saturated rings. The van der Waals surface area contributed by atoms with Gasteiger partial charge in [0.2, 0.25) is 0 Å². The quantitative estimate of drug-likeness (QED) is 0.881. The van der Waals surface area contributed by atoms with E-state index in [1.165, 1.54) is 0 Å². The standard InChI is InChI=1S/C10H12ClF3N2/c1-3-6(2)16-9-8(11)4-7(5-15-9)10(12,13)14/h4-6H,3H2,1-2H3,(H,15,16). The second-order valence-electron chi connectivity index (χ2n) is 3.51. The lowest BCUT2D eigenvalue weighted by Gasteiger charge is -2.14. The number of aromatic nitrogens is 1. The average Bonchev–Trinajstić information content (AvgIpc) is 2.19. The van der Waals surface area contributed by atoms with Crippen molar-refractivity contribution in [2.75, 3.05) is 5.32 Å². The summed E-state index contributed by atoms with van der Waals surface area (Å²) in [7, 11) is 0. The highest BCUT2D eigenvalue weighted by Gasteiger charge is 2.31. The number of hydrogen-bond donors (Lipinski definition) is 1. The van der Waals surface area contributed by atoms with E-state index in [-0.39, 0.29) is 16.9 Å².